The van der Waals surface area contributed by atoms with Crippen molar-refractivity contribution in [3.05, 3.63) is 0 Å². The zero-order valence-corrected chi connectivity index (χ0v) is 62.7. The first kappa shape index (κ1) is 91.1. The number of phosphoric ester groups is 2. The van der Waals surface area contributed by atoms with Crippen molar-refractivity contribution in [3.63, 3.8) is 0 Å². The third-order valence-electron chi connectivity index (χ3n) is 17.4. The molecule has 0 fully saturated rings. The molecule has 0 aromatic carbocycles. The van der Waals surface area contributed by atoms with Crippen LogP contribution in [0.4, 0.5) is 0 Å². The van der Waals surface area contributed by atoms with Crippen LogP contribution in [0.5, 0.6) is 0 Å². The summed E-state index contributed by atoms with van der Waals surface area (Å²) >= 11 is 0. The van der Waals surface area contributed by atoms with Crippen LogP contribution in [0.25, 0.3) is 0 Å². The fraction of sp³-hybridized carbons (Fsp3) is 0.946. The van der Waals surface area contributed by atoms with E-state index < -0.39 is 97.5 Å². The number of carbonyl (C=O) groups excluding carboxylic acids is 4. The maximum absolute atomic E-state index is 13.0. The first-order valence-corrected chi connectivity index (χ1v) is 41.2. The van der Waals surface area contributed by atoms with Crippen LogP contribution in [-0.2, 0) is 65.4 Å². The van der Waals surface area contributed by atoms with E-state index in [0.717, 1.165) is 115 Å². The van der Waals surface area contributed by atoms with Crippen molar-refractivity contribution < 1.29 is 80.2 Å². The van der Waals surface area contributed by atoms with Crippen molar-refractivity contribution in [2.75, 3.05) is 39.6 Å². The van der Waals surface area contributed by atoms with Gasteiger partial charge in [0.2, 0.25) is 0 Å². The summed E-state index contributed by atoms with van der Waals surface area (Å²) in [5, 5.41) is 10.6. The van der Waals surface area contributed by atoms with Gasteiger partial charge in [-0.25, -0.2) is 9.13 Å². The normalized spacial score (nSPS) is 14.5. The summed E-state index contributed by atoms with van der Waals surface area (Å²) in [6.45, 7) is 14.1. The molecule has 6 atom stereocenters. The first-order chi connectivity index (χ1) is 44.6. The summed E-state index contributed by atoms with van der Waals surface area (Å²) in [6, 6.07) is 0. The maximum atomic E-state index is 13.0. The number of unbranched alkanes of at least 4 members (excludes halogenated alkanes) is 36. The molecule has 0 spiro atoms. The van der Waals surface area contributed by atoms with E-state index in [2.05, 4.69) is 55.4 Å². The van der Waals surface area contributed by atoms with Crippen LogP contribution in [-0.4, -0.2) is 96.7 Å². The lowest BCUT2D eigenvalue weighted by molar-refractivity contribution is -0.161. The van der Waals surface area contributed by atoms with Gasteiger partial charge in [-0.1, -0.05) is 319 Å². The Kier molecular flexibility index (Phi) is 62.2. The summed E-state index contributed by atoms with van der Waals surface area (Å²) in [5.41, 5.74) is 0. The summed E-state index contributed by atoms with van der Waals surface area (Å²) < 4.78 is 68.4. The van der Waals surface area contributed by atoms with Gasteiger partial charge in [0.05, 0.1) is 26.4 Å². The lowest BCUT2D eigenvalue weighted by Gasteiger charge is -2.21. The highest BCUT2D eigenvalue weighted by atomic mass is 31.2. The van der Waals surface area contributed by atoms with E-state index in [1.165, 1.54) is 161 Å². The van der Waals surface area contributed by atoms with Gasteiger partial charge in [0.25, 0.3) is 0 Å². The molecular weight excluding hydrogens is 1220 g/mol. The minimum absolute atomic E-state index is 0.106. The molecule has 0 aliphatic carbocycles. The minimum atomic E-state index is -4.95. The summed E-state index contributed by atoms with van der Waals surface area (Å²) in [5.74, 6) is 0.907. The Morgan fingerprint density at radius 3 is 0.763 bits per heavy atom. The number of ether oxygens (including phenoxy) is 4. The van der Waals surface area contributed by atoms with Crippen LogP contribution in [0, 0.1) is 23.7 Å². The first-order valence-electron chi connectivity index (χ1n) is 38.2. The Hall–Kier alpha value is -1.94. The highest BCUT2D eigenvalue weighted by Crippen LogP contribution is 2.45. The van der Waals surface area contributed by atoms with E-state index in [4.69, 9.17) is 37.0 Å². The van der Waals surface area contributed by atoms with Crippen LogP contribution in [0.15, 0.2) is 0 Å². The maximum Gasteiger partial charge on any atom is 0.472 e. The van der Waals surface area contributed by atoms with E-state index in [0.29, 0.717) is 37.5 Å². The SMILES string of the molecule is CCC(C)CCCCCCCCCCCCCCCCC(=O)O[C@H](COC(=O)CCCCCCCCCC(C)C)COP(=O)(O)OCC(O)COP(=O)(O)OC[C@@H](COC(=O)CCCCCCCCCC(C)C)OC(=O)CCCCCCCCCCCCCCC(C)C. The number of hydrogen-bond acceptors (Lipinski definition) is 15. The summed E-state index contributed by atoms with van der Waals surface area (Å²) in [6.07, 6.45) is 47.3. The lowest BCUT2D eigenvalue weighted by atomic mass is 9.99. The number of phosphoric acid groups is 2. The highest BCUT2D eigenvalue weighted by Gasteiger charge is 2.30. The van der Waals surface area contributed by atoms with Crippen LogP contribution < -0.4 is 0 Å². The second-order valence-electron chi connectivity index (χ2n) is 28.4. The quantitative estimate of drug-likeness (QED) is 0.0222. The molecule has 0 saturated carbocycles. The van der Waals surface area contributed by atoms with E-state index >= 15 is 0 Å². The van der Waals surface area contributed by atoms with E-state index in [1.54, 1.807) is 0 Å². The number of aliphatic hydroxyl groups excluding tert-OH is 1. The van der Waals surface area contributed by atoms with Gasteiger partial charge in [-0.05, 0) is 49.4 Å². The molecule has 0 saturated heterocycles. The van der Waals surface area contributed by atoms with Crippen molar-refractivity contribution in [2.45, 2.75) is 388 Å². The van der Waals surface area contributed by atoms with Crippen molar-refractivity contribution in [3.8, 4) is 0 Å². The predicted molar refractivity (Wildman–Crippen MR) is 377 cm³/mol. The average molecular weight is 1370 g/mol. The molecule has 0 aromatic heterocycles. The van der Waals surface area contributed by atoms with Crippen molar-refractivity contribution in [1.29, 1.82) is 0 Å². The fourth-order valence-corrected chi connectivity index (χ4v) is 12.7. The molecule has 0 aliphatic rings. The van der Waals surface area contributed by atoms with Gasteiger partial charge in [-0.15, -0.1) is 0 Å². The minimum Gasteiger partial charge on any atom is -0.462 e. The Morgan fingerprint density at radius 2 is 0.516 bits per heavy atom. The molecule has 0 aromatic rings. The summed E-state index contributed by atoms with van der Waals surface area (Å²) in [4.78, 5) is 72.7. The number of carbonyl (C=O) groups is 4. The van der Waals surface area contributed by atoms with Gasteiger partial charge in [-0.2, -0.15) is 0 Å². The molecule has 4 unspecified atom stereocenters. The second kappa shape index (κ2) is 63.5. The number of rotatable bonds is 71. The lowest BCUT2D eigenvalue weighted by Crippen LogP contribution is -2.30. The average Bonchev–Trinajstić information content (AvgIpc) is 1.66. The molecule has 0 amide bonds. The van der Waals surface area contributed by atoms with Gasteiger partial charge in [-0.3, -0.25) is 37.3 Å². The van der Waals surface area contributed by atoms with Crippen molar-refractivity contribution >= 4 is 39.5 Å². The van der Waals surface area contributed by atoms with E-state index in [1.807, 2.05) is 0 Å². The molecule has 93 heavy (non-hydrogen) atoms. The van der Waals surface area contributed by atoms with Gasteiger partial charge in [0.15, 0.2) is 12.2 Å². The zero-order valence-electron chi connectivity index (χ0n) is 60.9. The Labute approximate surface area is 568 Å². The predicted octanol–water partition coefficient (Wildman–Crippen LogP) is 21.3. The van der Waals surface area contributed by atoms with Crippen molar-refractivity contribution in [1.82, 2.24) is 0 Å². The Morgan fingerprint density at radius 1 is 0.301 bits per heavy atom. The monoisotopic (exact) mass is 1370 g/mol. The zero-order chi connectivity index (χ0) is 68.9. The molecule has 552 valence electrons. The number of aliphatic hydroxyl groups is 1. The third kappa shape index (κ3) is 67.0. The molecule has 0 aliphatic heterocycles. The highest BCUT2D eigenvalue weighted by molar-refractivity contribution is 7.47. The molecule has 0 bridgehead atoms. The number of esters is 4. The van der Waals surface area contributed by atoms with Gasteiger partial charge in [0, 0.05) is 25.7 Å². The molecule has 0 heterocycles. The third-order valence-corrected chi connectivity index (χ3v) is 19.3. The molecule has 0 rings (SSSR count). The fourth-order valence-electron chi connectivity index (χ4n) is 11.2. The van der Waals surface area contributed by atoms with Crippen LogP contribution in [0.3, 0.4) is 0 Å². The molecule has 19 heteroatoms. The summed E-state index contributed by atoms with van der Waals surface area (Å²) in [7, 11) is -9.91. The van der Waals surface area contributed by atoms with Gasteiger partial charge < -0.3 is 33.8 Å². The topological polar surface area (TPSA) is 237 Å². The standard InChI is InChI=1S/C74H144O17P2/c1-9-67(8)53-45-37-29-21-17-12-10-11-13-18-22-30-40-48-56-73(78)90-69(60-84-71(76)54-46-38-32-24-27-35-43-51-65(4)5)62-88-92(80,81)86-58-68(75)59-87-93(82,83)89-63-70(61-85-72(77)55-47-39-33-25-28-36-44-52-66(6)7)91-74(79)57-49-41-31-23-19-15-14-16-20-26-34-42-50-64(2)3/h64-70,75H,9-63H2,1-8H3,(H,80,81)(H,82,83)/t67?,68?,69-,70-/m1/s1. The van der Waals surface area contributed by atoms with E-state index in [-0.39, 0.29) is 25.7 Å². The molecule has 17 nitrogen and oxygen atoms in total. The smallest absolute Gasteiger partial charge is 0.462 e. The van der Waals surface area contributed by atoms with Crippen LogP contribution in [0.2, 0.25) is 0 Å². The van der Waals surface area contributed by atoms with Gasteiger partial charge >= 0.3 is 39.5 Å². The van der Waals surface area contributed by atoms with E-state index in [9.17, 15) is 43.2 Å². The molecular formula is C74H144O17P2. The van der Waals surface area contributed by atoms with Gasteiger partial charge in [0.1, 0.15) is 19.3 Å². The largest absolute Gasteiger partial charge is 0.472 e. The molecule has 3 N–H and O–H groups in total. The van der Waals surface area contributed by atoms with Crippen LogP contribution >= 0.6 is 15.6 Å². The Bertz CT molecular complexity index is 1840. The number of hydrogen-bond donors (Lipinski definition) is 3. The molecule has 0 radical (unpaired) electrons. The van der Waals surface area contributed by atoms with Crippen LogP contribution in [0.1, 0.15) is 370 Å². The van der Waals surface area contributed by atoms with Crippen molar-refractivity contribution in [2.24, 2.45) is 23.7 Å². The second-order valence-corrected chi connectivity index (χ2v) is 31.3. The Balaban J connectivity index is 5.22.